The summed E-state index contributed by atoms with van der Waals surface area (Å²) < 4.78 is 21.6. The normalized spacial score (nSPS) is 15.7. The highest BCUT2D eigenvalue weighted by Gasteiger charge is 2.26. The Morgan fingerprint density at radius 2 is 2.00 bits per heavy atom. The minimum atomic E-state index is -0.765. The van der Waals surface area contributed by atoms with E-state index in [9.17, 15) is 4.79 Å². The van der Waals surface area contributed by atoms with E-state index < -0.39 is 12.0 Å². The van der Waals surface area contributed by atoms with Gasteiger partial charge in [0.1, 0.15) is 18.1 Å². The third-order valence-corrected chi connectivity index (χ3v) is 3.62. The summed E-state index contributed by atoms with van der Waals surface area (Å²) >= 11 is 0. The summed E-state index contributed by atoms with van der Waals surface area (Å²) in [4.78, 5) is 12.2. The molecule has 0 spiro atoms. The van der Waals surface area contributed by atoms with Gasteiger partial charge in [-0.25, -0.2) is 5.43 Å². The second-order valence-electron chi connectivity index (χ2n) is 5.21. The van der Waals surface area contributed by atoms with Crippen molar-refractivity contribution in [3.8, 4) is 23.0 Å². The monoisotopic (exact) mass is 342 g/mol. The van der Waals surface area contributed by atoms with Crippen molar-refractivity contribution >= 4 is 12.1 Å². The van der Waals surface area contributed by atoms with Crippen LogP contribution in [-0.4, -0.2) is 39.1 Å². The number of amides is 1. The average Bonchev–Trinajstić information content (AvgIpc) is 2.67. The quantitative estimate of drug-likeness (QED) is 0.664. The van der Waals surface area contributed by atoms with Gasteiger partial charge in [0.25, 0.3) is 5.91 Å². The number of nitrogens with one attached hydrogen (secondary N) is 1. The number of nitrogens with zero attached hydrogens (tertiary/aromatic N) is 1. The zero-order chi connectivity index (χ0) is 17.6. The highest BCUT2D eigenvalue weighted by atomic mass is 16.6. The molecule has 0 saturated heterocycles. The van der Waals surface area contributed by atoms with E-state index in [0.717, 1.165) is 0 Å². The summed E-state index contributed by atoms with van der Waals surface area (Å²) in [6.45, 7) is 0.126. The summed E-state index contributed by atoms with van der Waals surface area (Å²) in [5.41, 5.74) is 3.12. The van der Waals surface area contributed by atoms with Crippen LogP contribution in [0.4, 0.5) is 0 Å². The van der Waals surface area contributed by atoms with E-state index in [2.05, 4.69) is 10.5 Å². The molecule has 1 amide bonds. The van der Waals surface area contributed by atoms with Crippen LogP contribution in [0.25, 0.3) is 0 Å². The molecule has 0 fully saturated rings. The van der Waals surface area contributed by atoms with Gasteiger partial charge < -0.3 is 18.9 Å². The van der Waals surface area contributed by atoms with Gasteiger partial charge in [-0.1, -0.05) is 12.1 Å². The van der Waals surface area contributed by atoms with Gasteiger partial charge >= 0.3 is 0 Å². The van der Waals surface area contributed by atoms with Crippen molar-refractivity contribution in [1.29, 1.82) is 0 Å². The molecule has 130 valence electrons. The van der Waals surface area contributed by atoms with E-state index in [1.165, 1.54) is 6.21 Å². The molecular formula is C18H18N2O5. The lowest BCUT2D eigenvalue weighted by molar-refractivity contribution is -0.130. The molecule has 0 aromatic heterocycles. The third-order valence-electron chi connectivity index (χ3n) is 3.62. The van der Waals surface area contributed by atoms with Gasteiger partial charge in [-0.3, -0.25) is 4.79 Å². The number of carbonyl (C=O) groups is 1. The number of rotatable bonds is 5. The van der Waals surface area contributed by atoms with Gasteiger partial charge in [-0.2, -0.15) is 5.10 Å². The molecule has 1 N–H and O–H groups in total. The zero-order valence-electron chi connectivity index (χ0n) is 13.9. The molecule has 0 unspecified atom stereocenters. The van der Waals surface area contributed by atoms with E-state index in [0.29, 0.717) is 28.6 Å². The van der Waals surface area contributed by atoms with Crippen molar-refractivity contribution in [3.63, 3.8) is 0 Å². The molecule has 7 heteroatoms. The molecule has 3 rings (SSSR count). The fourth-order valence-corrected chi connectivity index (χ4v) is 2.33. The minimum Gasteiger partial charge on any atom is -0.497 e. The van der Waals surface area contributed by atoms with Crippen LogP contribution in [0.15, 0.2) is 47.6 Å². The number of hydrogen-bond donors (Lipinski definition) is 1. The third kappa shape index (κ3) is 3.82. The van der Waals surface area contributed by atoms with E-state index in [-0.39, 0.29) is 6.61 Å². The summed E-state index contributed by atoms with van der Waals surface area (Å²) in [5.74, 6) is 2.04. The maximum atomic E-state index is 12.2. The first kappa shape index (κ1) is 16.6. The van der Waals surface area contributed by atoms with E-state index in [1.807, 2.05) is 12.1 Å². The minimum absolute atomic E-state index is 0.126. The van der Waals surface area contributed by atoms with Crippen molar-refractivity contribution in [2.75, 3.05) is 20.8 Å². The lowest BCUT2D eigenvalue weighted by Crippen LogP contribution is -2.42. The molecular weight excluding hydrogens is 324 g/mol. The highest BCUT2D eigenvalue weighted by Crippen LogP contribution is 2.30. The molecule has 25 heavy (non-hydrogen) atoms. The molecule has 1 aliphatic heterocycles. The number of hydrogen-bond acceptors (Lipinski definition) is 6. The topological polar surface area (TPSA) is 78.4 Å². The van der Waals surface area contributed by atoms with E-state index in [4.69, 9.17) is 18.9 Å². The molecule has 1 aliphatic rings. The Labute approximate surface area is 145 Å². The summed E-state index contributed by atoms with van der Waals surface area (Å²) in [6, 6.07) is 12.5. The van der Waals surface area contributed by atoms with Crippen LogP contribution in [0.3, 0.4) is 0 Å². The van der Waals surface area contributed by atoms with Crippen molar-refractivity contribution in [1.82, 2.24) is 5.43 Å². The molecule has 0 bridgehead atoms. The maximum absolute atomic E-state index is 12.2. The second kappa shape index (κ2) is 7.57. The summed E-state index contributed by atoms with van der Waals surface area (Å²) in [6.07, 6.45) is 0.718. The number of fused-ring (bicyclic) bond motifs is 1. The SMILES string of the molecule is COc1ccc(OC)c(/C=N\NC(=O)[C@@H]2COc3ccccc3O2)c1. The van der Waals surface area contributed by atoms with Crippen LogP contribution >= 0.6 is 0 Å². The smallest absolute Gasteiger partial charge is 0.284 e. The molecule has 0 saturated carbocycles. The first-order chi connectivity index (χ1) is 12.2. The Hall–Kier alpha value is -3.22. The zero-order valence-corrected chi connectivity index (χ0v) is 13.9. The van der Waals surface area contributed by atoms with Crippen LogP contribution < -0.4 is 24.4 Å². The van der Waals surface area contributed by atoms with Crippen LogP contribution in [0.1, 0.15) is 5.56 Å². The fraction of sp³-hybridized carbons (Fsp3) is 0.222. The van der Waals surface area contributed by atoms with Crippen molar-refractivity contribution < 1.29 is 23.7 Å². The molecule has 1 atom stereocenters. The molecule has 0 radical (unpaired) electrons. The number of benzene rings is 2. The molecule has 2 aromatic rings. The second-order valence-corrected chi connectivity index (χ2v) is 5.21. The Bertz CT molecular complexity index is 791. The molecule has 0 aliphatic carbocycles. The van der Waals surface area contributed by atoms with Gasteiger partial charge in [0, 0.05) is 5.56 Å². The van der Waals surface area contributed by atoms with Crippen LogP contribution in [0.2, 0.25) is 0 Å². The van der Waals surface area contributed by atoms with Gasteiger partial charge in [-0.15, -0.1) is 0 Å². The van der Waals surface area contributed by atoms with Gasteiger partial charge in [0.05, 0.1) is 20.4 Å². The van der Waals surface area contributed by atoms with Crippen molar-refractivity contribution in [2.45, 2.75) is 6.10 Å². The fourth-order valence-electron chi connectivity index (χ4n) is 2.33. The van der Waals surface area contributed by atoms with Crippen molar-refractivity contribution in [3.05, 3.63) is 48.0 Å². The van der Waals surface area contributed by atoms with Crippen LogP contribution in [0, 0.1) is 0 Å². The lowest BCUT2D eigenvalue weighted by atomic mass is 10.2. The highest BCUT2D eigenvalue weighted by molar-refractivity contribution is 5.87. The first-order valence-electron chi connectivity index (χ1n) is 7.64. The van der Waals surface area contributed by atoms with E-state index >= 15 is 0 Å². The number of methoxy groups -OCH3 is 2. The van der Waals surface area contributed by atoms with Gasteiger partial charge in [0.15, 0.2) is 11.5 Å². The van der Waals surface area contributed by atoms with Gasteiger partial charge in [-0.05, 0) is 30.3 Å². The number of para-hydroxylation sites is 2. The predicted octanol–water partition coefficient (Wildman–Crippen LogP) is 1.99. The van der Waals surface area contributed by atoms with Crippen molar-refractivity contribution in [2.24, 2.45) is 5.10 Å². The standard InChI is InChI=1S/C18H18N2O5/c1-22-13-7-8-14(23-2)12(9-13)10-19-20-18(21)17-11-24-15-5-3-4-6-16(15)25-17/h3-10,17H,11H2,1-2H3,(H,20,21)/b19-10-/t17-/m0/s1. The lowest BCUT2D eigenvalue weighted by Gasteiger charge is -2.24. The Kier molecular flexibility index (Phi) is 5.03. The Morgan fingerprint density at radius 3 is 2.76 bits per heavy atom. The Balaban J connectivity index is 1.64. The predicted molar refractivity (Wildman–Crippen MR) is 91.6 cm³/mol. The number of carbonyl (C=O) groups excluding carboxylic acids is 1. The Morgan fingerprint density at radius 1 is 1.20 bits per heavy atom. The van der Waals surface area contributed by atoms with E-state index in [1.54, 1.807) is 44.6 Å². The van der Waals surface area contributed by atoms with Crippen LogP contribution in [-0.2, 0) is 4.79 Å². The molecule has 1 heterocycles. The largest absolute Gasteiger partial charge is 0.497 e. The maximum Gasteiger partial charge on any atom is 0.284 e. The number of hydrazone groups is 1. The van der Waals surface area contributed by atoms with Crippen LogP contribution in [0.5, 0.6) is 23.0 Å². The first-order valence-corrected chi connectivity index (χ1v) is 7.64. The number of ether oxygens (including phenoxy) is 4. The summed E-state index contributed by atoms with van der Waals surface area (Å²) in [7, 11) is 3.13. The summed E-state index contributed by atoms with van der Waals surface area (Å²) in [5, 5.41) is 3.96. The average molecular weight is 342 g/mol. The van der Waals surface area contributed by atoms with Gasteiger partial charge in [0.2, 0.25) is 6.10 Å². The molecule has 7 nitrogen and oxygen atoms in total. The molecule has 2 aromatic carbocycles.